The van der Waals surface area contributed by atoms with Gasteiger partial charge in [-0.05, 0) is 34.7 Å². The first-order chi connectivity index (χ1) is 13.3. The van der Waals surface area contributed by atoms with Crippen LogP contribution in [0, 0.1) is 0 Å². The summed E-state index contributed by atoms with van der Waals surface area (Å²) in [5, 5.41) is 6.46. The smallest absolute Gasteiger partial charge is 0.259 e. The van der Waals surface area contributed by atoms with Crippen LogP contribution in [0.15, 0.2) is 47.6 Å². The van der Waals surface area contributed by atoms with Crippen LogP contribution in [0.4, 0.5) is 0 Å². The zero-order valence-electron chi connectivity index (χ0n) is 16.1. The number of benzene rings is 2. The van der Waals surface area contributed by atoms with Gasteiger partial charge in [0.05, 0.1) is 12.8 Å². The molecule has 3 rings (SSSR count). The van der Waals surface area contributed by atoms with E-state index in [1.807, 2.05) is 24.3 Å². The Morgan fingerprint density at radius 3 is 2.50 bits per heavy atom. The van der Waals surface area contributed by atoms with Gasteiger partial charge in [-0.3, -0.25) is 9.59 Å². The number of amides is 2. The summed E-state index contributed by atoms with van der Waals surface area (Å²) in [7, 11) is 0. The Morgan fingerprint density at radius 2 is 1.79 bits per heavy atom. The van der Waals surface area contributed by atoms with Crippen molar-refractivity contribution in [1.82, 2.24) is 10.7 Å². The Kier molecular flexibility index (Phi) is 5.63. The minimum absolute atomic E-state index is 0.0834. The maximum atomic E-state index is 12.1. The molecular weight excluding hydrogens is 358 g/mol. The van der Waals surface area contributed by atoms with E-state index in [-0.39, 0.29) is 24.7 Å². The summed E-state index contributed by atoms with van der Waals surface area (Å²) < 4.78 is 10.4. The van der Waals surface area contributed by atoms with Crippen molar-refractivity contribution in [2.24, 2.45) is 5.10 Å². The van der Waals surface area contributed by atoms with Crippen LogP contribution in [0.25, 0.3) is 0 Å². The Bertz CT molecular complexity index is 899. The number of nitrogens with zero attached hydrogens (tertiary/aromatic N) is 1. The van der Waals surface area contributed by atoms with Gasteiger partial charge in [-0.25, -0.2) is 5.43 Å². The van der Waals surface area contributed by atoms with Gasteiger partial charge in [-0.1, -0.05) is 45.0 Å². The van der Waals surface area contributed by atoms with Crippen LogP contribution in [0.2, 0.25) is 0 Å². The van der Waals surface area contributed by atoms with Crippen LogP contribution >= 0.6 is 0 Å². The van der Waals surface area contributed by atoms with Crippen molar-refractivity contribution in [1.29, 1.82) is 0 Å². The molecule has 7 heteroatoms. The van der Waals surface area contributed by atoms with Crippen molar-refractivity contribution in [3.8, 4) is 11.5 Å². The highest BCUT2D eigenvalue weighted by Gasteiger charge is 2.16. The second-order valence-electron chi connectivity index (χ2n) is 7.42. The van der Waals surface area contributed by atoms with E-state index in [1.54, 1.807) is 24.4 Å². The van der Waals surface area contributed by atoms with Crippen molar-refractivity contribution in [3.05, 3.63) is 59.2 Å². The maximum Gasteiger partial charge on any atom is 0.259 e. The van der Waals surface area contributed by atoms with E-state index < -0.39 is 5.91 Å². The first kappa shape index (κ1) is 19.4. The van der Waals surface area contributed by atoms with E-state index in [1.165, 1.54) is 5.56 Å². The molecule has 1 aliphatic rings. The van der Waals surface area contributed by atoms with Crippen molar-refractivity contribution >= 4 is 18.0 Å². The Morgan fingerprint density at radius 1 is 1.07 bits per heavy atom. The third-order valence-electron chi connectivity index (χ3n) is 4.22. The number of carbonyl (C=O) groups excluding carboxylic acids is 2. The molecule has 2 amide bonds. The predicted octanol–water partition coefficient (Wildman–Crippen LogP) is 2.59. The molecule has 0 unspecified atom stereocenters. The van der Waals surface area contributed by atoms with Crippen molar-refractivity contribution in [2.75, 3.05) is 13.3 Å². The molecule has 0 fully saturated rings. The Hall–Kier alpha value is -3.35. The first-order valence-corrected chi connectivity index (χ1v) is 8.93. The number of nitrogens with one attached hydrogen (secondary N) is 2. The molecule has 0 saturated carbocycles. The lowest BCUT2D eigenvalue weighted by Gasteiger charge is -2.18. The van der Waals surface area contributed by atoms with E-state index in [0.29, 0.717) is 17.1 Å². The van der Waals surface area contributed by atoms with Crippen molar-refractivity contribution in [3.63, 3.8) is 0 Å². The number of fused-ring (bicyclic) bond motifs is 1. The second kappa shape index (κ2) is 8.12. The third-order valence-corrected chi connectivity index (χ3v) is 4.22. The fraction of sp³-hybridized carbons (Fsp3) is 0.286. The van der Waals surface area contributed by atoms with E-state index in [2.05, 4.69) is 36.6 Å². The SMILES string of the molecule is CC(C)(C)c1ccc(/C=N/NC(=O)CNC(=O)c2ccc3c(c2)OCO3)cc1. The molecule has 0 bridgehead atoms. The largest absolute Gasteiger partial charge is 0.454 e. The average Bonchev–Trinajstić information content (AvgIpc) is 3.13. The molecule has 28 heavy (non-hydrogen) atoms. The van der Waals surface area contributed by atoms with E-state index in [4.69, 9.17) is 9.47 Å². The molecule has 0 atom stereocenters. The Labute approximate surface area is 163 Å². The number of hydrogen-bond donors (Lipinski definition) is 2. The molecule has 0 aliphatic carbocycles. The topological polar surface area (TPSA) is 89.0 Å². The normalized spacial score (nSPS) is 12.8. The predicted molar refractivity (Wildman–Crippen MR) is 106 cm³/mol. The number of ether oxygens (including phenoxy) is 2. The summed E-state index contributed by atoms with van der Waals surface area (Å²) in [6.45, 7) is 6.39. The number of hydrogen-bond acceptors (Lipinski definition) is 5. The van der Waals surface area contributed by atoms with Crippen molar-refractivity contribution < 1.29 is 19.1 Å². The van der Waals surface area contributed by atoms with Gasteiger partial charge in [0.2, 0.25) is 6.79 Å². The summed E-state index contributed by atoms with van der Waals surface area (Å²) in [5.41, 5.74) is 4.96. The van der Waals surface area contributed by atoms with E-state index in [9.17, 15) is 9.59 Å². The lowest BCUT2D eigenvalue weighted by molar-refractivity contribution is -0.120. The number of hydrazone groups is 1. The van der Waals surface area contributed by atoms with E-state index >= 15 is 0 Å². The van der Waals surface area contributed by atoms with Crippen LogP contribution in [-0.2, 0) is 10.2 Å². The fourth-order valence-electron chi connectivity index (χ4n) is 2.59. The van der Waals surface area contributed by atoms with E-state index in [0.717, 1.165) is 5.56 Å². The molecule has 1 aliphatic heterocycles. The molecule has 1 heterocycles. The van der Waals surface area contributed by atoms with Crippen LogP contribution in [0.3, 0.4) is 0 Å². The fourth-order valence-corrected chi connectivity index (χ4v) is 2.59. The standard InChI is InChI=1S/C21H23N3O4/c1-21(2,3)16-7-4-14(5-8-16)11-23-24-19(25)12-22-20(26)15-6-9-17-18(10-15)28-13-27-17/h4-11H,12-13H2,1-3H3,(H,22,26)(H,24,25)/b23-11+. The van der Waals surface area contributed by atoms with Gasteiger partial charge in [-0.2, -0.15) is 5.10 Å². The molecule has 0 spiro atoms. The monoisotopic (exact) mass is 381 g/mol. The molecule has 0 aromatic heterocycles. The lowest BCUT2D eigenvalue weighted by atomic mass is 9.87. The maximum absolute atomic E-state index is 12.1. The van der Waals surface area contributed by atoms with Gasteiger partial charge in [-0.15, -0.1) is 0 Å². The second-order valence-corrected chi connectivity index (χ2v) is 7.42. The van der Waals surface area contributed by atoms with Crippen molar-refractivity contribution in [2.45, 2.75) is 26.2 Å². The third kappa shape index (κ3) is 4.88. The molecule has 2 aromatic carbocycles. The van der Waals surface area contributed by atoms with Crippen LogP contribution in [0.5, 0.6) is 11.5 Å². The first-order valence-electron chi connectivity index (χ1n) is 8.93. The highest BCUT2D eigenvalue weighted by molar-refractivity contribution is 5.97. The van der Waals surface area contributed by atoms with Gasteiger partial charge in [0.1, 0.15) is 0 Å². The summed E-state index contributed by atoms with van der Waals surface area (Å²) in [5.74, 6) is 0.310. The average molecular weight is 381 g/mol. The quantitative estimate of drug-likeness (QED) is 0.615. The Balaban J connectivity index is 1.46. The highest BCUT2D eigenvalue weighted by atomic mass is 16.7. The zero-order valence-corrected chi connectivity index (χ0v) is 16.1. The minimum Gasteiger partial charge on any atom is -0.454 e. The zero-order chi connectivity index (χ0) is 20.1. The molecule has 146 valence electrons. The van der Waals surface area contributed by atoms with Gasteiger partial charge in [0, 0.05) is 5.56 Å². The number of carbonyl (C=O) groups is 2. The molecular formula is C21H23N3O4. The summed E-state index contributed by atoms with van der Waals surface area (Å²) >= 11 is 0. The van der Waals surface area contributed by atoms with Crippen LogP contribution in [-0.4, -0.2) is 31.4 Å². The lowest BCUT2D eigenvalue weighted by Crippen LogP contribution is -2.34. The minimum atomic E-state index is -0.420. The summed E-state index contributed by atoms with van der Waals surface area (Å²) in [6, 6.07) is 12.8. The van der Waals surface area contributed by atoms with Crippen LogP contribution in [0.1, 0.15) is 42.3 Å². The van der Waals surface area contributed by atoms with Gasteiger partial charge < -0.3 is 14.8 Å². The van der Waals surface area contributed by atoms with Gasteiger partial charge in [0.15, 0.2) is 11.5 Å². The molecule has 0 radical (unpaired) electrons. The summed E-state index contributed by atoms with van der Waals surface area (Å²) in [4.78, 5) is 24.0. The molecule has 2 N–H and O–H groups in total. The van der Waals surface area contributed by atoms with Crippen LogP contribution < -0.4 is 20.2 Å². The van der Waals surface area contributed by atoms with Gasteiger partial charge >= 0.3 is 0 Å². The van der Waals surface area contributed by atoms with Gasteiger partial charge in [0.25, 0.3) is 11.8 Å². The summed E-state index contributed by atoms with van der Waals surface area (Å²) in [6.07, 6.45) is 1.56. The highest BCUT2D eigenvalue weighted by Crippen LogP contribution is 2.32. The number of rotatable bonds is 5. The molecule has 0 saturated heterocycles. The molecule has 2 aromatic rings. The molecule has 7 nitrogen and oxygen atoms in total.